The van der Waals surface area contributed by atoms with Crippen molar-refractivity contribution in [2.75, 3.05) is 20.0 Å². The Balaban J connectivity index is 0.000000511. The van der Waals surface area contributed by atoms with Gasteiger partial charge in [0.15, 0.2) is 0 Å². The average molecular weight is 1290 g/mol. The van der Waals surface area contributed by atoms with Gasteiger partial charge in [-0.25, -0.2) is 13.2 Å². The first kappa shape index (κ1) is 81.7. The minimum Gasteiger partial charge on any atom is -0.497 e. The van der Waals surface area contributed by atoms with E-state index in [0.29, 0.717) is 54.6 Å². The molecule has 14 N–H and O–H groups in total. The van der Waals surface area contributed by atoms with Gasteiger partial charge in [-0.2, -0.15) is 0 Å². The third-order valence-corrected chi connectivity index (χ3v) is 14.0. The first-order chi connectivity index (χ1) is 43.9. The van der Waals surface area contributed by atoms with Crippen molar-refractivity contribution in [2.45, 2.75) is 109 Å². The fraction of sp³-hybridized carbons (Fsp3) is 0.231. The molecule has 0 aromatic heterocycles. The van der Waals surface area contributed by atoms with Crippen molar-refractivity contribution in [3.05, 3.63) is 335 Å². The van der Waals surface area contributed by atoms with E-state index in [9.17, 15) is 13.2 Å². The number of nitrogens with two attached hydrogens (primary N) is 7. The molecule has 0 amide bonds. The van der Waals surface area contributed by atoms with E-state index in [2.05, 4.69) is 76.2 Å². The highest BCUT2D eigenvalue weighted by Crippen LogP contribution is 2.19. The molecule has 0 fully saturated rings. The molecule has 0 bridgehead atoms. The number of ether oxygens (including phenoxy) is 2. The zero-order valence-electron chi connectivity index (χ0n) is 55.8. The van der Waals surface area contributed by atoms with Crippen molar-refractivity contribution in [3.8, 4) is 11.5 Å². The second kappa shape index (κ2) is 47.6. The van der Waals surface area contributed by atoms with E-state index >= 15 is 0 Å². The zero-order valence-corrected chi connectivity index (χ0v) is 57.3. The number of benzene rings is 10. The predicted molar refractivity (Wildman–Crippen MR) is 387 cm³/mol. The van der Waals surface area contributed by atoms with Crippen LogP contribution in [0.2, 0.25) is 10.0 Å². The fourth-order valence-corrected chi connectivity index (χ4v) is 8.11. The lowest BCUT2D eigenvalue weighted by Crippen LogP contribution is -2.01. The van der Waals surface area contributed by atoms with Crippen molar-refractivity contribution in [1.29, 1.82) is 0 Å². The van der Waals surface area contributed by atoms with Crippen LogP contribution in [0.5, 0.6) is 11.5 Å². The molecule has 0 aliphatic rings. The Kier molecular flexibility index (Phi) is 42.3. The largest absolute Gasteiger partial charge is 0.497 e. The number of hydrogen-bond donors (Lipinski definition) is 7. The Morgan fingerprint density at radius 2 is 0.804 bits per heavy atom. The topological polar surface area (TPSA) is 201 Å². The molecule has 0 spiro atoms. The van der Waals surface area contributed by atoms with Crippen LogP contribution in [-0.4, -0.2) is 14.2 Å². The summed E-state index contributed by atoms with van der Waals surface area (Å²) in [6.07, 6.45) is 0. The van der Waals surface area contributed by atoms with Gasteiger partial charge in [0.1, 0.15) is 29.0 Å². The van der Waals surface area contributed by atoms with Gasteiger partial charge in [-0.3, -0.25) is 0 Å². The summed E-state index contributed by atoms with van der Waals surface area (Å²) >= 11 is 11.3. The minimum absolute atomic E-state index is 0.178. The van der Waals surface area contributed by atoms with E-state index in [-0.39, 0.29) is 24.0 Å². The van der Waals surface area contributed by atoms with Crippen molar-refractivity contribution in [2.24, 2.45) is 34.4 Å². The van der Waals surface area contributed by atoms with Gasteiger partial charge in [0, 0.05) is 49.9 Å². The number of aryl methyl sites for hydroxylation is 9. The summed E-state index contributed by atoms with van der Waals surface area (Å²) in [5, 5.41) is 1.44. The predicted octanol–water partition coefficient (Wildman–Crippen LogP) is 18.0. The van der Waals surface area contributed by atoms with Crippen LogP contribution >= 0.6 is 23.2 Å². The van der Waals surface area contributed by atoms with E-state index in [1.165, 1.54) is 74.3 Å². The molecule has 9 nitrogen and oxygen atoms in total. The summed E-state index contributed by atoms with van der Waals surface area (Å²) in [6.45, 7) is 22.8. The molecule has 0 heterocycles. The maximum Gasteiger partial charge on any atom is 0.127 e. The first-order valence-electron chi connectivity index (χ1n) is 29.9. The Bertz CT molecular complexity index is 3500. The Hall–Kier alpha value is -8.27. The lowest BCUT2D eigenvalue weighted by Gasteiger charge is -2.01. The van der Waals surface area contributed by atoms with Crippen LogP contribution in [0, 0.1) is 86.7 Å². The monoisotopic (exact) mass is 1290 g/mol. The average Bonchev–Trinajstić information content (AvgIpc) is 3.17. The second-order valence-corrected chi connectivity index (χ2v) is 22.0. The Labute approximate surface area is 557 Å². The van der Waals surface area contributed by atoms with Crippen LogP contribution in [0.15, 0.2) is 218 Å². The lowest BCUT2D eigenvalue weighted by molar-refractivity contribution is 0.414. The number of anilines is 1. The van der Waals surface area contributed by atoms with Gasteiger partial charge in [-0.1, -0.05) is 185 Å². The molecule has 0 aliphatic carbocycles. The van der Waals surface area contributed by atoms with Crippen LogP contribution in [0.3, 0.4) is 0 Å². The summed E-state index contributed by atoms with van der Waals surface area (Å²) in [4.78, 5) is 0. The van der Waals surface area contributed by atoms with Crippen LogP contribution in [0.4, 0.5) is 18.9 Å². The standard InChI is InChI=1S/3C8H10FN.3C8H11N.2C8H10O.C7H8ClN.C7H7Cl/c1-6-2-3-8(9)4-7(6)5-10;1-6-7(5-10)3-2-4-8(6)9;1-6-3-2-4-8(9)7(6)5-10;1-7-2-4-8(6-9)5-3-7;1-7-3-2-4-8(5-7)6-9;1-7-4-2-3-5-8(7)6-9;1-7-3-5-8(9-2)6-4-7;1-7-4-3-5-8(6-7)9-2;1-5-2-3-6(8)7(9)4-5;1-6-3-2-4-7(8)5-6/h3*2-4H,5,10H2,1H3;3*2-5H,6,9H2,1H3;2*3-6H,1-2H3;2-4H,9H2,1H3;2-5H,1H3. The van der Waals surface area contributed by atoms with Gasteiger partial charge in [-0.15, -0.1) is 0 Å². The molecule has 10 aromatic carbocycles. The highest BCUT2D eigenvalue weighted by Gasteiger charge is 2.02. The number of hydrogen-bond acceptors (Lipinski definition) is 9. The molecule has 92 heavy (non-hydrogen) atoms. The normalized spacial score (nSPS) is 9.55. The quantitative estimate of drug-likeness (QED) is 0.0723. The maximum absolute atomic E-state index is 12.8. The second-order valence-electron chi connectivity index (χ2n) is 21.1. The molecule has 492 valence electrons. The molecule has 10 aromatic rings. The van der Waals surface area contributed by atoms with E-state index in [0.717, 1.165) is 44.3 Å². The van der Waals surface area contributed by atoms with Crippen LogP contribution in [0.25, 0.3) is 0 Å². The number of methoxy groups -OCH3 is 2. The van der Waals surface area contributed by atoms with Crippen molar-refractivity contribution in [3.63, 3.8) is 0 Å². The van der Waals surface area contributed by atoms with E-state index in [1.807, 2.05) is 156 Å². The highest BCUT2D eigenvalue weighted by molar-refractivity contribution is 6.33. The van der Waals surface area contributed by atoms with E-state index in [4.69, 9.17) is 72.8 Å². The highest BCUT2D eigenvalue weighted by atomic mass is 35.5. The molecular formula is C78H98Cl2F3N7O2. The maximum atomic E-state index is 12.8. The van der Waals surface area contributed by atoms with Gasteiger partial charge in [0.05, 0.1) is 24.9 Å². The lowest BCUT2D eigenvalue weighted by atomic mass is 10.1. The smallest absolute Gasteiger partial charge is 0.127 e. The van der Waals surface area contributed by atoms with E-state index in [1.54, 1.807) is 45.4 Å². The van der Waals surface area contributed by atoms with Gasteiger partial charge >= 0.3 is 0 Å². The van der Waals surface area contributed by atoms with Crippen molar-refractivity contribution in [1.82, 2.24) is 0 Å². The van der Waals surface area contributed by atoms with Gasteiger partial charge in [0.2, 0.25) is 0 Å². The summed E-state index contributed by atoms with van der Waals surface area (Å²) in [5.41, 5.74) is 55.7. The fourth-order valence-electron chi connectivity index (χ4n) is 7.75. The summed E-state index contributed by atoms with van der Waals surface area (Å²) in [5.74, 6) is 1.24. The van der Waals surface area contributed by atoms with E-state index < -0.39 is 0 Å². The molecule has 0 saturated heterocycles. The molecule has 10 rings (SSSR count). The summed E-state index contributed by atoms with van der Waals surface area (Å²) in [7, 11) is 3.35. The zero-order chi connectivity index (χ0) is 69.0. The molecule has 0 aliphatic heterocycles. The molecule has 0 radical (unpaired) electrons. The molecule has 0 unspecified atom stereocenters. The molecular weight excluding hydrogens is 1190 g/mol. The van der Waals surface area contributed by atoms with Crippen LogP contribution in [0.1, 0.15) is 89.0 Å². The van der Waals surface area contributed by atoms with Crippen molar-refractivity contribution < 1.29 is 22.6 Å². The van der Waals surface area contributed by atoms with Crippen LogP contribution in [-0.2, 0) is 39.3 Å². The summed E-state index contributed by atoms with van der Waals surface area (Å²) < 4.78 is 47.9. The Morgan fingerprint density at radius 3 is 1.22 bits per heavy atom. The number of nitrogen functional groups attached to an aromatic ring is 1. The first-order valence-corrected chi connectivity index (χ1v) is 30.7. The van der Waals surface area contributed by atoms with Gasteiger partial charge in [0.25, 0.3) is 0 Å². The third kappa shape index (κ3) is 35.4. The molecule has 0 atom stereocenters. The number of halogens is 5. The van der Waals surface area contributed by atoms with Gasteiger partial charge < -0.3 is 49.6 Å². The third-order valence-electron chi connectivity index (χ3n) is 13.5. The van der Waals surface area contributed by atoms with Crippen LogP contribution < -0.4 is 49.6 Å². The van der Waals surface area contributed by atoms with Gasteiger partial charge in [-0.05, 0) is 209 Å². The Morgan fingerprint density at radius 1 is 0.337 bits per heavy atom. The van der Waals surface area contributed by atoms with Crippen molar-refractivity contribution >= 4 is 28.9 Å². The SMILES string of the molecule is COc1ccc(C)cc1.COc1cccc(C)c1.Cc1c(F)cccc1CN.Cc1ccc(CN)cc1.Cc1ccc(Cl)c(N)c1.Cc1ccc(F)cc1CN.Cc1cccc(CN)c1.Cc1cccc(Cl)c1.Cc1cccc(F)c1CN.Cc1ccccc1CN. The number of rotatable bonds is 8. The molecule has 14 heteroatoms. The molecule has 0 saturated carbocycles. The minimum atomic E-state index is -0.217. The summed E-state index contributed by atoms with van der Waals surface area (Å²) in [6, 6.07) is 68.4.